The average molecular weight is 301 g/mol. The molecule has 1 aliphatic rings. The third-order valence-electron chi connectivity index (χ3n) is 3.97. The van der Waals surface area contributed by atoms with Crippen LogP contribution in [0.3, 0.4) is 0 Å². The highest BCUT2D eigenvalue weighted by Gasteiger charge is 2.30. The van der Waals surface area contributed by atoms with Crippen LogP contribution < -0.4 is 15.2 Å². The van der Waals surface area contributed by atoms with Gasteiger partial charge < -0.3 is 15.2 Å². The maximum atomic E-state index is 6.55. The minimum atomic E-state index is -0.0815. The molecule has 1 heterocycles. The van der Waals surface area contributed by atoms with Crippen LogP contribution in [0.5, 0.6) is 11.5 Å². The van der Waals surface area contributed by atoms with Gasteiger partial charge in [-0.25, -0.2) is 0 Å². The molecular weight excluding hydrogens is 282 g/mol. The zero-order chi connectivity index (χ0) is 14.8. The molecule has 0 spiro atoms. The molecule has 2 aromatic carbocycles. The molecule has 0 aliphatic carbocycles. The van der Waals surface area contributed by atoms with Gasteiger partial charge in [0.25, 0.3) is 0 Å². The van der Waals surface area contributed by atoms with Crippen molar-refractivity contribution in [2.75, 3.05) is 20.0 Å². The summed E-state index contributed by atoms with van der Waals surface area (Å²) in [7, 11) is 3.32. The smallest absolute Gasteiger partial charge is 0.127 e. The van der Waals surface area contributed by atoms with Crippen LogP contribution in [0.4, 0.5) is 0 Å². The largest absolute Gasteiger partial charge is 0.497 e. The average Bonchev–Trinajstić information content (AvgIpc) is 2.97. The van der Waals surface area contributed by atoms with Crippen LogP contribution in [0, 0.1) is 0 Å². The van der Waals surface area contributed by atoms with E-state index in [1.807, 2.05) is 30.0 Å². The fourth-order valence-electron chi connectivity index (χ4n) is 2.80. The second kappa shape index (κ2) is 6.00. The molecule has 2 N–H and O–H groups in total. The van der Waals surface area contributed by atoms with Gasteiger partial charge in [-0.15, -0.1) is 11.8 Å². The molecule has 0 radical (unpaired) electrons. The van der Waals surface area contributed by atoms with Gasteiger partial charge in [0.15, 0.2) is 0 Å². The predicted octanol–water partition coefficient (Wildman–Crippen LogP) is 3.59. The van der Waals surface area contributed by atoms with Crippen molar-refractivity contribution in [3.8, 4) is 11.5 Å². The minimum Gasteiger partial charge on any atom is -0.497 e. The van der Waals surface area contributed by atoms with Crippen molar-refractivity contribution in [3.63, 3.8) is 0 Å². The van der Waals surface area contributed by atoms with E-state index in [1.54, 1.807) is 14.2 Å². The third kappa shape index (κ3) is 2.61. The van der Waals surface area contributed by atoms with Crippen molar-refractivity contribution in [3.05, 3.63) is 53.6 Å². The summed E-state index contributed by atoms with van der Waals surface area (Å²) in [6.07, 6.45) is 0. The Balaban J connectivity index is 1.94. The van der Waals surface area contributed by atoms with Crippen LogP contribution in [0.2, 0.25) is 0 Å². The zero-order valence-corrected chi connectivity index (χ0v) is 13.0. The maximum Gasteiger partial charge on any atom is 0.127 e. The van der Waals surface area contributed by atoms with Crippen molar-refractivity contribution in [1.29, 1.82) is 0 Å². The fourth-order valence-corrected chi connectivity index (χ4v) is 4.10. The van der Waals surface area contributed by atoms with Crippen molar-refractivity contribution in [1.82, 2.24) is 0 Å². The summed E-state index contributed by atoms with van der Waals surface area (Å²) in [5.74, 6) is 2.89. The number of nitrogens with two attached hydrogens (primary N) is 1. The van der Waals surface area contributed by atoms with Crippen molar-refractivity contribution in [2.24, 2.45) is 5.73 Å². The van der Waals surface area contributed by atoms with Gasteiger partial charge in [-0.1, -0.05) is 24.3 Å². The summed E-state index contributed by atoms with van der Waals surface area (Å²) in [5.41, 5.74) is 8.92. The monoisotopic (exact) mass is 301 g/mol. The number of thioether (sulfide) groups is 1. The number of fused-ring (bicyclic) bond motifs is 1. The second-order valence-corrected chi connectivity index (χ2v) is 6.15. The SMILES string of the molecule is COc1ccc(C(N)C2CSc3ccccc32)c(OC)c1. The summed E-state index contributed by atoms with van der Waals surface area (Å²) >= 11 is 1.87. The lowest BCUT2D eigenvalue weighted by molar-refractivity contribution is 0.386. The lowest BCUT2D eigenvalue weighted by atomic mass is 9.89. The van der Waals surface area contributed by atoms with Crippen LogP contribution in [0.1, 0.15) is 23.1 Å². The third-order valence-corrected chi connectivity index (χ3v) is 5.18. The fraction of sp³-hybridized carbons (Fsp3) is 0.294. The molecule has 4 heteroatoms. The van der Waals surface area contributed by atoms with Crippen LogP contribution in [0.25, 0.3) is 0 Å². The van der Waals surface area contributed by atoms with E-state index in [4.69, 9.17) is 15.2 Å². The molecule has 110 valence electrons. The van der Waals surface area contributed by atoms with E-state index in [9.17, 15) is 0 Å². The van der Waals surface area contributed by atoms with Crippen LogP contribution in [0.15, 0.2) is 47.4 Å². The van der Waals surface area contributed by atoms with E-state index in [0.29, 0.717) is 5.92 Å². The van der Waals surface area contributed by atoms with E-state index in [0.717, 1.165) is 22.8 Å². The number of benzene rings is 2. The first kappa shape index (κ1) is 14.3. The predicted molar refractivity (Wildman–Crippen MR) is 86.4 cm³/mol. The molecule has 0 amide bonds. The van der Waals surface area contributed by atoms with Crippen LogP contribution in [-0.4, -0.2) is 20.0 Å². The Morgan fingerprint density at radius 1 is 1.14 bits per heavy atom. The highest BCUT2D eigenvalue weighted by Crippen LogP contribution is 2.46. The molecular formula is C17H19NO2S. The second-order valence-electron chi connectivity index (χ2n) is 5.09. The lowest BCUT2D eigenvalue weighted by Gasteiger charge is -2.22. The maximum absolute atomic E-state index is 6.55. The number of methoxy groups -OCH3 is 2. The first-order valence-corrected chi connectivity index (χ1v) is 7.92. The van der Waals surface area contributed by atoms with E-state index in [2.05, 4.69) is 24.3 Å². The van der Waals surface area contributed by atoms with Gasteiger partial charge in [0.2, 0.25) is 0 Å². The zero-order valence-electron chi connectivity index (χ0n) is 12.2. The molecule has 3 rings (SSSR count). The van der Waals surface area contributed by atoms with Crippen LogP contribution >= 0.6 is 11.8 Å². The van der Waals surface area contributed by atoms with Gasteiger partial charge in [0.1, 0.15) is 11.5 Å². The Morgan fingerprint density at radius 3 is 2.71 bits per heavy atom. The number of rotatable bonds is 4. The van der Waals surface area contributed by atoms with Gasteiger partial charge in [-0.05, 0) is 17.7 Å². The highest BCUT2D eigenvalue weighted by atomic mass is 32.2. The van der Waals surface area contributed by atoms with Gasteiger partial charge in [0.05, 0.1) is 14.2 Å². The van der Waals surface area contributed by atoms with E-state index in [-0.39, 0.29) is 6.04 Å². The van der Waals surface area contributed by atoms with Gasteiger partial charge in [0, 0.05) is 34.2 Å². The van der Waals surface area contributed by atoms with E-state index < -0.39 is 0 Å². The molecule has 0 saturated carbocycles. The topological polar surface area (TPSA) is 44.5 Å². The van der Waals surface area contributed by atoms with E-state index >= 15 is 0 Å². The Bertz CT molecular complexity index is 644. The van der Waals surface area contributed by atoms with Gasteiger partial charge >= 0.3 is 0 Å². The highest BCUT2D eigenvalue weighted by molar-refractivity contribution is 7.99. The van der Waals surface area contributed by atoms with Gasteiger partial charge in [-0.3, -0.25) is 0 Å². The molecule has 0 fully saturated rings. The summed E-state index contributed by atoms with van der Waals surface area (Å²) in [6, 6.07) is 14.3. The molecule has 2 atom stereocenters. The van der Waals surface area contributed by atoms with E-state index in [1.165, 1.54) is 10.5 Å². The number of ether oxygens (including phenoxy) is 2. The van der Waals surface area contributed by atoms with Gasteiger partial charge in [-0.2, -0.15) is 0 Å². The minimum absolute atomic E-state index is 0.0815. The van der Waals surface area contributed by atoms with Crippen molar-refractivity contribution in [2.45, 2.75) is 16.9 Å². The molecule has 3 nitrogen and oxygen atoms in total. The van der Waals surface area contributed by atoms with Crippen molar-refractivity contribution < 1.29 is 9.47 Å². The molecule has 21 heavy (non-hydrogen) atoms. The first-order chi connectivity index (χ1) is 10.2. The molecule has 2 aromatic rings. The number of hydrogen-bond acceptors (Lipinski definition) is 4. The number of hydrogen-bond donors (Lipinski definition) is 1. The summed E-state index contributed by atoms with van der Waals surface area (Å²) in [4.78, 5) is 1.34. The molecule has 0 saturated heterocycles. The molecule has 2 unspecified atom stereocenters. The quantitative estimate of drug-likeness (QED) is 0.937. The lowest BCUT2D eigenvalue weighted by Crippen LogP contribution is -2.20. The Morgan fingerprint density at radius 2 is 1.95 bits per heavy atom. The normalized spacial score (nSPS) is 18.1. The summed E-state index contributed by atoms with van der Waals surface area (Å²) in [5, 5.41) is 0. The summed E-state index contributed by atoms with van der Waals surface area (Å²) < 4.78 is 10.7. The standard InChI is InChI=1S/C17H19NO2S/c1-19-11-7-8-13(15(9-11)20-2)17(18)14-10-21-16-6-4-3-5-12(14)16/h3-9,14,17H,10,18H2,1-2H3. The van der Waals surface area contributed by atoms with Crippen molar-refractivity contribution >= 4 is 11.8 Å². The Hall–Kier alpha value is -1.65. The Kier molecular flexibility index (Phi) is 4.08. The summed E-state index contributed by atoms with van der Waals surface area (Å²) in [6.45, 7) is 0. The first-order valence-electron chi connectivity index (χ1n) is 6.94. The molecule has 0 aromatic heterocycles. The van der Waals surface area contributed by atoms with Crippen LogP contribution in [-0.2, 0) is 0 Å². The molecule has 0 bridgehead atoms. The Labute approximate surface area is 129 Å². The molecule has 1 aliphatic heterocycles.